The SMILES string of the molecule is COC1CC(NC(c2ccc(Cl)cc2)C(C)C)C1. The smallest absolute Gasteiger partial charge is 0.0601 e. The van der Waals surface area contributed by atoms with Gasteiger partial charge in [0, 0.05) is 24.2 Å². The second-order valence-corrected chi connectivity index (χ2v) is 5.90. The summed E-state index contributed by atoms with van der Waals surface area (Å²) in [6.45, 7) is 4.50. The molecule has 1 aliphatic rings. The molecule has 2 rings (SSSR count). The van der Waals surface area contributed by atoms with E-state index in [0.717, 1.165) is 17.9 Å². The number of hydrogen-bond donors (Lipinski definition) is 1. The quantitative estimate of drug-likeness (QED) is 0.876. The molecule has 0 saturated heterocycles. The molecule has 0 aromatic heterocycles. The summed E-state index contributed by atoms with van der Waals surface area (Å²) in [5.74, 6) is 0.563. The molecule has 2 nitrogen and oxygen atoms in total. The fourth-order valence-corrected chi connectivity index (χ4v) is 2.62. The highest BCUT2D eigenvalue weighted by molar-refractivity contribution is 6.30. The van der Waals surface area contributed by atoms with Crippen LogP contribution in [0.3, 0.4) is 0 Å². The van der Waals surface area contributed by atoms with Crippen molar-refractivity contribution in [1.82, 2.24) is 5.32 Å². The van der Waals surface area contributed by atoms with Crippen molar-refractivity contribution in [1.29, 1.82) is 0 Å². The van der Waals surface area contributed by atoms with Crippen LogP contribution in [0.5, 0.6) is 0 Å². The summed E-state index contributed by atoms with van der Waals surface area (Å²) in [6, 6.07) is 9.14. The first kappa shape index (κ1) is 13.9. The van der Waals surface area contributed by atoms with Crippen molar-refractivity contribution in [2.75, 3.05) is 7.11 Å². The van der Waals surface area contributed by atoms with Gasteiger partial charge in [0.15, 0.2) is 0 Å². The van der Waals surface area contributed by atoms with Crippen LogP contribution in [0, 0.1) is 5.92 Å². The molecule has 1 aliphatic carbocycles. The van der Waals surface area contributed by atoms with Gasteiger partial charge in [-0.2, -0.15) is 0 Å². The van der Waals surface area contributed by atoms with Gasteiger partial charge in [-0.3, -0.25) is 0 Å². The van der Waals surface area contributed by atoms with Crippen molar-refractivity contribution in [3.8, 4) is 0 Å². The van der Waals surface area contributed by atoms with E-state index in [1.165, 1.54) is 5.56 Å². The van der Waals surface area contributed by atoms with Crippen LogP contribution in [0.4, 0.5) is 0 Å². The van der Waals surface area contributed by atoms with E-state index in [9.17, 15) is 0 Å². The summed E-state index contributed by atoms with van der Waals surface area (Å²) in [7, 11) is 1.79. The van der Waals surface area contributed by atoms with Crippen molar-refractivity contribution in [2.45, 2.75) is 44.9 Å². The molecule has 1 saturated carbocycles. The fourth-order valence-electron chi connectivity index (χ4n) is 2.49. The van der Waals surface area contributed by atoms with Crippen molar-refractivity contribution < 1.29 is 4.74 Å². The summed E-state index contributed by atoms with van der Waals surface area (Å²) in [5, 5.41) is 4.53. The normalized spacial score (nSPS) is 24.9. The van der Waals surface area contributed by atoms with E-state index < -0.39 is 0 Å². The highest BCUT2D eigenvalue weighted by Gasteiger charge is 2.31. The maximum atomic E-state index is 5.94. The van der Waals surface area contributed by atoms with Crippen LogP contribution in [-0.4, -0.2) is 19.3 Å². The average Bonchev–Trinajstić information content (AvgIpc) is 2.29. The largest absolute Gasteiger partial charge is 0.381 e. The zero-order valence-electron chi connectivity index (χ0n) is 11.3. The van der Waals surface area contributed by atoms with Crippen molar-refractivity contribution >= 4 is 11.6 Å². The Bertz CT molecular complexity index is 371. The second-order valence-electron chi connectivity index (χ2n) is 5.47. The number of nitrogens with one attached hydrogen (secondary N) is 1. The Morgan fingerprint density at radius 1 is 1.22 bits per heavy atom. The molecule has 0 heterocycles. The van der Waals surface area contributed by atoms with Gasteiger partial charge in [0.25, 0.3) is 0 Å². The molecule has 1 aromatic rings. The molecular formula is C15H22ClNO. The Hall–Kier alpha value is -0.570. The van der Waals surface area contributed by atoms with Crippen molar-refractivity contribution in [3.63, 3.8) is 0 Å². The number of hydrogen-bond acceptors (Lipinski definition) is 2. The van der Waals surface area contributed by atoms with Crippen LogP contribution in [0.1, 0.15) is 38.3 Å². The van der Waals surface area contributed by atoms with Crippen LogP contribution in [-0.2, 0) is 4.74 Å². The lowest BCUT2D eigenvalue weighted by molar-refractivity contribution is 0.0123. The summed E-state index contributed by atoms with van der Waals surface area (Å²) in [4.78, 5) is 0. The highest BCUT2D eigenvalue weighted by atomic mass is 35.5. The van der Waals surface area contributed by atoms with Crippen LogP contribution in [0.25, 0.3) is 0 Å². The minimum Gasteiger partial charge on any atom is -0.381 e. The minimum atomic E-state index is 0.394. The van der Waals surface area contributed by atoms with Gasteiger partial charge < -0.3 is 10.1 Å². The molecule has 100 valence electrons. The van der Waals surface area contributed by atoms with Crippen LogP contribution < -0.4 is 5.32 Å². The Balaban J connectivity index is 1.98. The predicted molar refractivity (Wildman–Crippen MR) is 76.0 cm³/mol. The van der Waals surface area contributed by atoms with Gasteiger partial charge >= 0.3 is 0 Å². The molecule has 0 spiro atoms. The molecule has 1 aromatic carbocycles. The van der Waals surface area contributed by atoms with Crippen molar-refractivity contribution in [3.05, 3.63) is 34.9 Å². The van der Waals surface area contributed by atoms with Gasteiger partial charge in [-0.15, -0.1) is 0 Å². The third kappa shape index (κ3) is 3.25. The topological polar surface area (TPSA) is 21.3 Å². The maximum absolute atomic E-state index is 5.94. The first-order valence-corrected chi connectivity index (χ1v) is 7.02. The van der Waals surface area contributed by atoms with E-state index in [4.69, 9.17) is 16.3 Å². The lowest BCUT2D eigenvalue weighted by Crippen LogP contribution is -2.47. The third-order valence-electron chi connectivity index (χ3n) is 3.74. The Morgan fingerprint density at radius 3 is 2.33 bits per heavy atom. The molecule has 0 aliphatic heterocycles. The van der Waals surface area contributed by atoms with E-state index in [0.29, 0.717) is 24.1 Å². The second kappa shape index (κ2) is 6.05. The molecule has 0 bridgehead atoms. The highest BCUT2D eigenvalue weighted by Crippen LogP contribution is 2.29. The molecule has 3 heteroatoms. The first-order valence-electron chi connectivity index (χ1n) is 6.64. The summed E-state index contributed by atoms with van der Waals surface area (Å²) in [6.07, 6.45) is 2.68. The molecule has 0 radical (unpaired) electrons. The molecule has 1 fully saturated rings. The van der Waals surface area contributed by atoms with Crippen molar-refractivity contribution in [2.24, 2.45) is 5.92 Å². The summed E-state index contributed by atoms with van der Waals surface area (Å²) >= 11 is 5.94. The number of rotatable bonds is 5. The van der Waals surface area contributed by atoms with Gasteiger partial charge in [-0.25, -0.2) is 0 Å². The molecule has 1 unspecified atom stereocenters. The van der Waals surface area contributed by atoms with Crippen LogP contribution in [0.15, 0.2) is 24.3 Å². The van der Waals surface area contributed by atoms with Gasteiger partial charge in [0.05, 0.1) is 6.10 Å². The fraction of sp³-hybridized carbons (Fsp3) is 0.600. The summed E-state index contributed by atoms with van der Waals surface area (Å²) < 4.78 is 5.32. The van der Waals surface area contributed by atoms with Gasteiger partial charge in [-0.1, -0.05) is 37.6 Å². The summed E-state index contributed by atoms with van der Waals surface area (Å²) in [5.41, 5.74) is 1.32. The third-order valence-corrected chi connectivity index (χ3v) is 3.99. The maximum Gasteiger partial charge on any atom is 0.0601 e. The first-order chi connectivity index (χ1) is 8.60. The Labute approximate surface area is 115 Å². The van der Waals surface area contributed by atoms with E-state index in [1.54, 1.807) is 7.11 Å². The Morgan fingerprint density at radius 2 is 1.83 bits per heavy atom. The lowest BCUT2D eigenvalue weighted by Gasteiger charge is -2.38. The van der Waals surface area contributed by atoms with Gasteiger partial charge in [0.1, 0.15) is 0 Å². The van der Waals surface area contributed by atoms with Crippen LogP contribution in [0.2, 0.25) is 5.02 Å². The predicted octanol–water partition coefficient (Wildman–Crippen LogP) is 3.80. The van der Waals surface area contributed by atoms with E-state index in [2.05, 4.69) is 31.3 Å². The number of methoxy groups -OCH3 is 1. The van der Waals surface area contributed by atoms with Crippen LogP contribution >= 0.6 is 11.6 Å². The van der Waals surface area contributed by atoms with Gasteiger partial charge in [-0.05, 0) is 36.5 Å². The minimum absolute atomic E-state index is 0.394. The molecule has 1 atom stereocenters. The van der Waals surface area contributed by atoms with E-state index >= 15 is 0 Å². The Kier molecular flexibility index (Phi) is 4.66. The monoisotopic (exact) mass is 267 g/mol. The number of ether oxygens (including phenoxy) is 1. The molecule has 18 heavy (non-hydrogen) atoms. The number of halogens is 1. The van der Waals surface area contributed by atoms with Gasteiger partial charge in [0.2, 0.25) is 0 Å². The molecule has 0 amide bonds. The zero-order valence-corrected chi connectivity index (χ0v) is 12.1. The lowest BCUT2D eigenvalue weighted by atomic mass is 9.86. The number of benzene rings is 1. The zero-order chi connectivity index (χ0) is 13.1. The molecule has 1 N–H and O–H groups in total. The van der Waals surface area contributed by atoms with E-state index in [-0.39, 0.29) is 0 Å². The standard InChI is InChI=1S/C15H22ClNO/c1-10(2)15(11-4-6-12(16)7-5-11)17-13-8-14(9-13)18-3/h4-7,10,13-15,17H,8-9H2,1-3H3. The van der Waals surface area contributed by atoms with E-state index in [1.807, 2.05) is 12.1 Å². The molecular weight excluding hydrogens is 246 g/mol. The average molecular weight is 268 g/mol.